The number of carbonyl (C=O) groups excluding carboxylic acids is 2. The third kappa shape index (κ3) is 4.16. The van der Waals surface area contributed by atoms with Gasteiger partial charge in [-0.2, -0.15) is 0 Å². The standard InChI is InChI=1S/C18H27N3O3/c1-13-12-16(20-24-13)19-17(22)14-6-8-15(9-7-14)18(23)21-10-4-2-3-5-11-21/h12,14-15H,2-11H2,1H3,(H,19,20,22). The van der Waals surface area contributed by atoms with Crippen LogP contribution >= 0.6 is 0 Å². The van der Waals surface area contributed by atoms with Crippen molar-refractivity contribution in [3.8, 4) is 0 Å². The molecule has 1 saturated heterocycles. The minimum atomic E-state index is -0.0322. The number of carbonyl (C=O) groups is 2. The molecule has 0 atom stereocenters. The quantitative estimate of drug-likeness (QED) is 0.922. The second-order valence-electron chi connectivity index (χ2n) is 7.10. The van der Waals surface area contributed by atoms with Gasteiger partial charge < -0.3 is 14.7 Å². The van der Waals surface area contributed by atoms with Crippen LogP contribution in [0, 0.1) is 18.8 Å². The van der Waals surface area contributed by atoms with Crippen LogP contribution in [0.3, 0.4) is 0 Å². The van der Waals surface area contributed by atoms with Crippen LogP contribution in [-0.2, 0) is 9.59 Å². The van der Waals surface area contributed by atoms with Crippen molar-refractivity contribution in [2.45, 2.75) is 58.3 Å². The fourth-order valence-corrected chi connectivity index (χ4v) is 3.81. The van der Waals surface area contributed by atoms with Gasteiger partial charge in [-0.05, 0) is 45.4 Å². The Morgan fingerprint density at radius 3 is 2.29 bits per heavy atom. The highest BCUT2D eigenvalue weighted by Crippen LogP contribution is 2.31. The molecule has 0 aromatic carbocycles. The molecule has 1 aromatic heterocycles. The first-order valence-corrected chi connectivity index (χ1v) is 9.16. The van der Waals surface area contributed by atoms with Crippen molar-refractivity contribution in [1.29, 1.82) is 0 Å². The predicted octanol–water partition coefficient (Wildman–Crippen LogP) is 3.13. The number of anilines is 1. The maximum atomic E-state index is 12.7. The molecule has 2 amide bonds. The molecular weight excluding hydrogens is 306 g/mol. The molecule has 2 fully saturated rings. The lowest BCUT2D eigenvalue weighted by molar-refractivity contribution is -0.137. The first kappa shape index (κ1) is 17.0. The molecule has 0 spiro atoms. The maximum absolute atomic E-state index is 12.7. The largest absolute Gasteiger partial charge is 0.360 e. The van der Waals surface area contributed by atoms with Gasteiger partial charge in [0.2, 0.25) is 11.8 Å². The Morgan fingerprint density at radius 2 is 1.71 bits per heavy atom. The molecule has 6 heteroatoms. The zero-order valence-corrected chi connectivity index (χ0v) is 14.4. The van der Waals surface area contributed by atoms with Crippen LogP contribution in [0.25, 0.3) is 0 Å². The van der Waals surface area contributed by atoms with Crippen molar-refractivity contribution in [3.05, 3.63) is 11.8 Å². The number of likely N-dealkylation sites (tertiary alicyclic amines) is 1. The lowest BCUT2D eigenvalue weighted by atomic mass is 9.81. The maximum Gasteiger partial charge on any atom is 0.228 e. The highest BCUT2D eigenvalue weighted by Gasteiger charge is 2.32. The van der Waals surface area contributed by atoms with E-state index >= 15 is 0 Å². The van der Waals surface area contributed by atoms with Gasteiger partial charge in [-0.3, -0.25) is 9.59 Å². The minimum absolute atomic E-state index is 0.0102. The first-order valence-electron chi connectivity index (χ1n) is 9.16. The summed E-state index contributed by atoms with van der Waals surface area (Å²) >= 11 is 0. The van der Waals surface area contributed by atoms with E-state index in [0.29, 0.717) is 17.5 Å². The van der Waals surface area contributed by atoms with E-state index in [-0.39, 0.29) is 17.7 Å². The molecule has 0 bridgehead atoms. The van der Waals surface area contributed by atoms with Crippen LogP contribution < -0.4 is 5.32 Å². The Balaban J connectivity index is 1.47. The van der Waals surface area contributed by atoms with E-state index in [1.807, 2.05) is 0 Å². The average molecular weight is 333 g/mol. The highest BCUT2D eigenvalue weighted by molar-refractivity contribution is 5.91. The lowest BCUT2D eigenvalue weighted by Gasteiger charge is -2.31. The summed E-state index contributed by atoms with van der Waals surface area (Å²) in [7, 11) is 0. The Labute approximate surface area is 142 Å². The van der Waals surface area contributed by atoms with Gasteiger partial charge in [-0.15, -0.1) is 0 Å². The van der Waals surface area contributed by atoms with E-state index < -0.39 is 0 Å². The first-order chi connectivity index (χ1) is 11.6. The number of nitrogens with one attached hydrogen (secondary N) is 1. The van der Waals surface area contributed by atoms with Gasteiger partial charge in [0.15, 0.2) is 5.82 Å². The van der Waals surface area contributed by atoms with Gasteiger partial charge in [-0.1, -0.05) is 18.0 Å². The van der Waals surface area contributed by atoms with Crippen LogP contribution in [0.2, 0.25) is 0 Å². The summed E-state index contributed by atoms with van der Waals surface area (Å²) in [4.78, 5) is 27.0. The second kappa shape index (κ2) is 7.81. The molecule has 24 heavy (non-hydrogen) atoms. The zero-order chi connectivity index (χ0) is 16.9. The number of rotatable bonds is 3. The normalized spacial score (nSPS) is 25.1. The Morgan fingerprint density at radius 1 is 1.08 bits per heavy atom. The van der Waals surface area contributed by atoms with Crippen molar-refractivity contribution in [2.24, 2.45) is 11.8 Å². The van der Waals surface area contributed by atoms with Crippen LogP contribution in [0.15, 0.2) is 10.6 Å². The van der Waals surface area contributed by atoms with Gasteiger partial charge in [0.1, 0.15) is 5.76 Å². The molecule has 2 heterocycles. The topological polar surface area (TPSA) is 75.4 Å². The number of amides is 2. The SMILES string of the molecule is Cc1cc(NC(=O)C2CCC(C(=O)N3CCCCCC3)CC2)no1. The molecule has 1 aliphatic heterocycles. The molecule has 1 saturated carbocycles. The summed E-state index contributed by atoms with van der Waals surface area (Å²) < 4.78 is 4.96. The smallest absolute Gasteiger partial charge is 0.228 e. The van der Waals surface area contributed by atoms with Gasteiger partial charge >= 0.3 is 0 Å². The summed E-state index contributed by atoms with van der Waals surface area (Å²) in [6.45, 7) is 3.61. The predicted molar refractivity (Wildman–Crippen MR) is 90.4 cm³/mol. The number of aryl methyl sites for hydroxylation is 1. The van der Waals surface area contributed by atoms with Crippen LogP contribution in [0.1, 0.15) is 57.1 Å². The van der Waals surface area contributed by atoms with E-state index in [1.54, 1.807) is 13.0 Å². The van der Waals surface area contributed by atoms with Crippen LogP contribution in [0.4, 0.5) is 5.82 Å². The van der Waals surface area contributed by atoms with Gasteiger partial charge in [0.05, 0.1) is 0 Å². The Bertz CT molecular complexity index is 568. The molecule has 0 unspecified atom stereocenters. The summed E-state index contributed by atoms with van der Waals surface area (Å²) in [5.41, 5.74) is 0. The van der Waals surface area contributed by atoms with E-state index in [1.165, 1.54) is 12.8 Å². The van der Waals surface area contributed by atoms with Crippen molar-refractivity contribution in [3.63, 3.8) is 0 Å². The van der Waals surface area contributed by atoms with Crippen LogP contribution in [0.5, 0.6) is 0 Å². The van der Waals surface area contributed by atoms with Crippen LogP contribution in [-0.4, -0.2) is 35.0 Å². The van der Waals surface area contributed by atoms with E-state index in [0.717, 1.165) is 51.6 Å². The number of hydrogen-bond acceptors (Lipinski definition) is 4. The molecule has 132 valence electrons. The molecule has 1 aromatic rings. The molecule has 2 aliphatic rings. The molecule has 0 radical (unpaired) electrons. The third-order valence-corrected chi connectivity index (χ3v) is 5.24. The van der Waals surface area contributed by atoms with Crippen molar-refractivity contribution in [2.75, 3.05) is 18.4 Å². The van der Waals surface area contributed by atoms with Gasteiger partial charge in [-0.25, -0.2) is 0 Å². The molecule has 1 N–H and O–H groups in total. The lowest BCUT2D eigenvalue weighted by Crippen LogP contribution is -2.39. The molecular formula is C18H27N3O3. The summed E-state index contributed by atoms with van der Waals surface area (Å²) in [6, 6.07) is 1.71. The van der Waals surface area contributed by atoms with Gasteiger partial charge in [0, 0.05) is 31.0 Å². The summed E-state index contributed by atoms with van der Waals surface area (Å²) in [5, 5.41) is 6.61. The highest BCUT2D eigenvalue weighted by atomic mass is 16.5. The molecule has 6 nitrogen and oxygen atoms in total. The average Bonchev–Trinajstić information content (AvgIpc) is 2.84. The molecule has 3 rings (SSSR count). The fraction of sp³-hybridized carbons (Fsp3) is 0.722. The van der Waals surface area contributed by atoms with Gasteiger partial charge in [0.25, 0.3) is 0 Å². The second-order valence-corrected chi connectivity index (χ2v) is 7.10. The zero-order valence-electron chi connectivity index (χ0n) is 14.4. The summed E-state index contributed by atoms with van der Waals surface area (Å²) in [6.07, 6.45) is 7.88. The molecule has 1 aliphatic carbocycles. The Hall–Kier alpha value is -1.85. The van der Waals surface area contributed by atoms with Crippen molar-refractivity contribution in [1.82, 2.24) is 10.1 Å². The Kier molecular flexibility index (Phi) is 5.53. The van der Waals surface area contributed by atoms with E-state index in [9.17, 15) is 9.59 Å². The number of hydrogen-bond donors (Lipinski definition) is 1. The fourth-order valence-electron chi connectivity index (χ4n) is 3.81. The van der Waals surface area contributed by atoms with E-state index in [4.69, 9.17) is 4.52 Å². The van der Waals surface area contributed by atoms with E-state index in [2.05, 4.69) is 15.4 Å². The number of aromatic nitrogens is 1. The van der Waals surface area contributed by atoms with Crippen molar-refractivity contribution < 1.29 is 14.1 Å². The summed E-state index contributed by atoms with van der Waals surface area (Å²) in [5.74, 6) is 1.51. The third-order valence-electron chi connectivity index (χ3n) is 5.24. The monoisotopic (exact) mass is 333 g/mol. The number of nitrogens with zero attached hydrogens (tertiary/aromatic N) is 2. The van der Waals surface area contributed by atoms with Crippen molar-refractivity contribution >= 4 is 17.6 Å². The minimum Gasteiger partial charge on any atom is -0.360 e.